The van der Waals surface area contributed by atoms with E-state index in [0.29, 0.717) is 38.8 Å². The van der Waals surface area contributed by atoms with Crippen molar-refractivity contribution in [2.45, 2.75) is 65.3 Å². The molecule has 0 aromatic carbocycles. The van der Waals surface area contributed by atoms with Crippen LogP contribution in [0.1, 0.15) is 59.3 Å². The summed E-state index contributed by atoms with van der Waals surface area (Å²) in [6, 6.07) is -0.550. The van der Waals surface area contributed by atoms with Gasteiger partial charge in [0, 0.05) is 32.9 Å². The Bertz CT molecular complexity index is 525. The molecule has 0 rings (SSSR count). The summed E-state index contributed by atoms with van der Waals surface area (Å²) in [5.41, 5.74) is 0. The standard InChI is InChI=1S/C18H31N3O5S/c1-4-19-16(24)9-7-10-17(25)21-15(13(2)22)8-5-6-11-20-18(26)12-27-14(3)23/h15H,4-12H2,1-3H3,(H,19,24)(H,20,26)(H,21,25)/t15-/m0/s1. The number of nitrogens with one attached hydrogen (secondary N) is 3. The van der Waals surface area contributed by atoms with E-state index in [1.807, 2.05) is 6.92 Å². The molecule has 0 aliphatic rings. The first-order valence-corrected chi connectivity index (χ1v) is 10.2. The van der Waals surface area contributed by atoms with Gasteiger partial charge in [-0.25, -0.2) is 0 Å². The maximum atomic E-state index is 11.9. The number of unbranched alkanes of at least 4 members (excludes halogenated alkanes) is 1. The van der Waals surface area contributed by atoms with Gasteiger partial charge in [0.1, 0.15) is 0 Å². The van der Waals surface area contributed by atoms with Crippen molar-refractivity contribution < 1.29 is 24.0 Å². The molecule has 0 radical (unpaired) electrons. The average molecular weight is 402 g/mol. The van der Waals surface area contributed by atoms with Crippen molar-refractivity contribution in [3.8, 4) is 0 Å². The first-order chi connectivity index (χ1) is 12.8. The van der Waals surface area contributed by atoms with Gasteiger partial charge in [-0.15, -0.1) is 0 Å². The fourth-order valence-electron chi connectivity index (χ4n) is 2.26. The molecule has 0 saturated heterocycles. The summed E-state index contributed by atoms with van der Waals surface area (Å²) in [5, 5.41) is 7.98. The first-order valence-electron chi connectivity index (χ1n) is 9.22. The number of carbonyl (C=O) groups excluding carboxylic acids is 5. The zero-order valence-corrected chi connectivity index (χ0v) is 17.2. The molecular formula is C18H31N3O5S. The molecule has 9 heteroatoms. The van der Waals surface area contributed by atoms with Crippen LogP contribution in [0, 0.1) is 0 Å². The largest absolute Gasteiger partial charge is 0.356 e. The number of hydrogen-bond acceptors (Lipinski definition) is 6. The van der Waals surface area contributed by atoms with Crippen LogP contribution in [0.15, 0.2) is 0 Å². The molecule has 3 N–H and O–H groups in total. The number of rotatable bonds is 14. The number of Topliss-reactive ketones (excluding diaryl/α,β-unsaturated/α-hetero) is 1. The first kappa shape index (κ1) is 25.1. The number of hydrogen-bond donors (Lipinski definition) is 3. The van der Waals surface area contributed by atoms with Gasteiger partial charge in [0.2, 0.25) is 17.7 Å². The van der Waals surface area contributed by atoms with Crippen LogP contribution in [-0.4, -0.2) is 53.5 Å². The predicted octanol–water partition coefficient (Wildman–Crippen LogP) is 0.933. The second-order valence-corrected chi connectivity index (χ2v) is 7.32. The Kier molecular flexibility index (Phi) is 14.1. The Morgan fingerprint density at radius 3 is 2.11 bits per heavy atom. The molecule has 3 amide bonds. The van der Waals surface area contributed by atoms with Crippen molar-refractivity contribution in [2.24, 2.45) is 0 Å². The Morgan fingerprint density at radius 1 is 0.852 bits per heavy atom. The molecule has 0 aliphatic carbocycles. The summed E-state index contributed by atoms with van der Waals surface area (Å²) in [7, 11) is 0. The van der Waals surface area contributed by atoms with Crippen LogP contribution in [0.3, 0.4) is 0 Å². The average Bonchev–Trinajstić information content (AvgIpc) is 2.58. The van der Waals surface area contributed by atoms with Crippen molar-refractivity contribution in [3.05, 3.63) is 0 Å². The van der Waals surface area contributed by atoms with Gasteiger partial charge in [-0.3, -0.25) is 24.0 Å². The Morgan fingerprint density at radius 2 is 1.52 bits per heavy atom. The van der Waals surface area contributed by atoms with Gasteiger partial charge in [0.15, 0.2) is 10.9 Å². The van der Waals surface area contributed by atoms with E-state index >= 15 is 0 Å². The quantitative estimate of drug-likeness (QED) is 0.372. The summed E-state index contributed by atoms with van der Waals surface area (Å²) in [6.45, 7) is 5.70. The number of ketones is 1. The molecule has 0 aromatic heterocycles. The van der Waals surface area contributed by atoms with Crippen LogP contribution in [0.5, 0.6) is 0 Å². The lowest BCUT2D eigenvalue weighted by Gasteiger charge is -2.16. The van der Waals surface area contributed by atoms with E-state index in [9.17, 15) is 24.0 Å². The smallest absolute Gasteiger partial charge is 0.230 e. The van der Waals surface area contributed by atoms with Crippen LogP contribution in [0.2, 0.25) is 0 Å². The minimum Gasteiger partial charge on any atom is -0.356 e. The van der Waals surface area contributed by atoms with Gasteiger partial charge in [-0.2, -0.15) is 0 Å². The van der Waals surface area contributed by atoms with E-state index in [-0.39, 0.29) is 47.2 Å². The number of amides is 3. The van der Waals surface area contributed by atoms with Crippen molar-refractivity contribution in [2.75, 3.05) is 18.8 Å². The fourth-order valence-corrected chi connectivity index (χ4v) is 2.69. The third-order valence-electron chi connectivity index (χ3n) is 3.66. The van der Waals surface area contributed by atoms with Crippen molar-refractivity contribution in [1.29, 1.82) is 0 Å². The van der Waals surface area contributed by atoms with Gasteiger partial charge >= 0.3 is 0 Å². The molecule has 8 nitrogen and oxygen atoms in total. The summed E-state index contributed by atoms with van der Waals surface area (Å²) >= 11 is 0.961. The molecule has 0 fully saturated rings. The van der Waals surface area contributed by atoms with E-state index in [0.717, 1.165) is 11.8 Å². The normalized spacial score (nSPS) is 11.4. The van der Waals surface area contributed by atoms with Gasteiger partial charge in [0.25, 0.3) is 0 Å². The zero-order chi connectivity index (χ0) is 20.7. The summed E-state index contributed by atoms with van der Waals surface area (Å²) in [4.78, 5) is 57.2. The van der Waals surface area contributed by atoms with Crippen LogP contribution >= 0.6 is 11.8 Å². The monoisotopic (exact) mass is 401 g/mol. The minimum absolute atomic E-state index is 0.0860. The molecular weight excluding hydrogens is 370 g/mol. The van der Waals surface area contributed by atoms with Crippen LogP contribution in [0.25, 0.3) is 0 Å². The highest BCUT2D eigenvalue weighted by Crippen LogP contribution is 2.04. The fraction of sp³-hybridized carbons (Fsp3) is 0.722. The van der Waals surface area contributed by atoms with Gasteiger partial charge in [-0.05, 0) is 39.5 Å². The molecule has 0 unspecified atom stereocenters. The molecule has 0 saturated carbocycles. The van der Waals surface area contributed by atoms with Crippen molar-refractivity contribution in [3.63, 3.8) is 0 Å². The Labute approximate surface area is 165 Å². The van der Waals surface area contributed by atoms with E-state index < -0.39 is 6.04 Å². The molecule has 1 atom stereocenters. The molecule has 0 aliphatic heterocycles. The Balaban J connectivity index is 3.98. The Hall–Kier alpha value is -1.90. The lowest BCUT2D eigenvalue weighted by molar-refractivity contribution is -0.127. The summed E-state index contributed by atoms with van der Waals surface area (Å²) in [6.07, 6.45) is 2.76. The third kappa shape index (κ3) is 14.9. The lowest BCUT2D eigenvalue weighted by atomic mass is 10.1. The van der Waals surface area contributed by atoms with E-state index in [4.69, 9.17) is 0 Å². The van der Waals surface area contributed by atoms with Gasteiger partial charge < -0.3 is 16.0 Å². The summed E-state index contributed by atoms with van der Waals surface area (Å²) in [5.74, 6) is -0.531. The lowest BCUT2D eigenvalue weighted by Crippen LogP contribution is -2.39. The number of carbonyl (C=O) groups is 5. The van der Waals surface area contributed by atoms with E-state index in [2.05, 4.69) is 16.0 Å². The minimum atomic E-state index is -0.550. The molecule has 27 heavy (non-hydrogen) atoms. The highest BCUT2D eigenvalue weighted by atomic mass is 32.2. The van der Waals surface area contributed by atoms with Crippen LogP contribution in [-0.2, 0) is 24.0 Å². The van der Waals surface area contributed by atoms with Gasteiger partial charge in [0.05, 0.1) is 11.8 Å². The molecule has 0 heterocycles. The maximum Gasteiger partial charge on any atom is 0.230 e. The summed E-state index contributed by atoms with van der Waals surface area (Å²) < 4.78 is 0. The SMILES string of the molecule is CCNC(=O)CCCC(=O)N[C@@H](CCCCNC(=O)CSC(C)=O)C(C)=O. The highest BCUT2D eigenvalue weighted by Gasteiger charge is 2.16. The third-order valence-corrected chi connectivity index (χ3v) is 4.47. The van der Waals surface area contributed by atoms with Crippen LogP contribution in [0.4, 0.5) is 0 Å². The van der Waals surface area contributed by atoms with Gasteiger partial charge in [-0.1, -0.05) is 11.8 Å². The topological polar surface area (TPSA) is 121 Å². The second kappa shape index (κ2) is 15.2. The molecule has 0 aromatic rings. The van der Waals surface area contributed by atoms with E-state index in [1.54, 1.807) is 0 Å². The highest BCUT2D eigenvalue weighted by molar-refractivity contribution is 8.14. The van der Waals surface area contributed by atoms with Crippen LogP contribution < -0.4 is 16.0 Å². The molecule has 154 valence electrons. The second-order valence-electron chi connectivity index (χ2n) is 6.16. The van der Waals surface area contributed by atoms with Crippen molar-refractivity contribution >= 4 is 40.4 Å². The maximum absolute atomic E-state index is 11.9. The molecule has 0 spiro atoms. The number of thioether (sulfide) groups is 1. The predicted molar refractivity (Wildman–Crippen MR) is 105 cm³/mol. The molecule has 0 bridgehead atoms. The zero-order valence-electron chi connectivity index (χ0n) is 16.4. The van der Waals surface area contributed by atoms with E-state index in [1.165, 1.54) is 13.8 Å². The van der Waals surface area contributed by atoms with Crippen molar-refractivity contribution in [1.82, 2.24) is 16.0 Å².